The number of nitrogens with zero attached hydrogens (tertiary/aromatic N) is 6. The van der Waals surface area contributed by atoms with Gasteiger partial charge in [0.25, 0.3) is 0 Å². The van der Waals surface area contributed by atoms with Crippen LogP contribution in [0.2, 0.25) is 0 Å². The van der Waals surface area contributed by atoms with Crippen molar-refractivity contribution in [1.82, 2.24) is 27.4 Å². The van der Waals surface area contributed by atoms with Crippen molar-refractivity contribution in [3.05, 3.63) is 164 Å². The average molecular weight is 1480 g/mol. The first kappa shape index (κ1) is 89.9. The third-order valence-electron chi connectivity index (χ3n) is 12.5. The molecule has 0 spiro atoms. The van der Waals surface area contributed by atoms with Gasteiger partial charge in [-0.25, -0.2) is 64.3 Å². The van der Waals surface area contributed by atoms with Crippen LogP contribution in [0, 0.1) is 171 Å². The van der Waals surface area contributed by atoms with Gasteiger partial charge in [-0.2, -0.15) is 5.82 Å². The third-order valence-corrected chi connectivity index (χ3v) is 12.5. The molecule has 6 aromatic rings. The van der Waals surface area contributed by atoms with Gasteiger partial charge in [-0.15, -0.1) is 90.7 Å². The Morgan fingerprint density at radius 2 is 0.868 bits per heavy atom. The van der Waals surface area contributed by atoms with Crippen molar-refractivity contribution in [1.29, 1.82) is 0 Å². The standard InChI is InChI=1S/3C10H14N2.3C10H13N.CH4.6Y/c1-5-10(11)12-6-7(2)8(3)9(12)4;1-5-8(3)12-6-7(2)9(4)10(12)11;1-5-7(2)12-6-10(11)8(3)9(12)4;1-5-10(4)11-6-8(2)9(3)7-11;1-5-9(3)11-7-6-8(2)10(11)4;1-5-6-11-7-8(2)9(3)10(11)4;;;;;;;/h3*11H2,1-4H3;3*6H,1-4H3;1H4;;;;;;/q6*-2;;;;;;;. The maximum absolute atomic E-state index is 5.85. The van der Waals surface area contributed by atoms with Gasteiger partial charge in [-0.05, 0) is 17.7 Å². The van der Waals surface area contributed by atoms with Crippen molar-refractivity contribution in [2.24, 2.45) is 5.73 Å². The zero-order chi connectivity index (χ0) is 53.2. The van der Waals surface area contributed by atoms with E-state index in [1.807, 2.05) is 144 Å². The van der Waals surface area contributed by atoms with Gasteiger partial charge >= 0.3 is 0 Å². The van der Waals surface area contributed by atoms with Crippen LogP contribution >= 0.6 is 0 Å². The maximum Gasteiger partial charge on any atom is 0 e. The van der Waals surface area contributed by atoms with Gasteiger partial charge in [0.2, 0.25) is 0 Å². The first-order valence-corrected chi connectivity index (χ1v) is 23.1. The van der Waals surface area contributed by atoms with Crippen molar-refractivity contribution >= 4 is 46.3 Å². The van der Waals surface area contributed by atoms with Gasteiger partial charge in [-0.1, -0.05) is 163 Å². The molecular weight excluding hydrogens is 1390 g/mol. The van der Waals surface area contributed by atoms with Crippen molar-refractivity contribution in [2.45, 2.75) is 174 Å². The molecule has 6 aromatic heterocycles. The van der Waals surface area contributed by atoms with Crippen LogP contribution in [0.3, 0.4) is 0 Å². The number of aryl methyl sites for hydroxylation is 6. The normalized spacial score (nSPS) is 10.9. The number of hydrogen-bond donors (Lipinski definition) is 3. The summed E-state index contributed by atoms with van der Waals surface area (Å²) in [7, 11) is 0. The minimum absolute atomic E-state index is 0. The van der Waals surface area contributed by atoms with Gasteiger partial charge in [0.05, 0.1) is 0 Å². The molecule has 6 radical (unpaired) electrons. The van der Waals surface area contributed by atoms with E-state index in [9.17, 15) is 0 Å². The molecule has 404 valence electrons. The molecule has 0 amide bonds. The summed E-state index contributed by atoms with van der Waals surface area (Å²) in [5, 5.41) is 0. The van der Waals surface area contributed by atoms with Crippen LogP contribution in [-0.4, -0.2) is 27.4 Å². The summed E-state index contributed by atoms with van der Waals surface area (Å²) >= 11 is 0. The molecule has 76 heavy (non-hydrogen) atoms. The fraction of sp³-hybridized carbons (Fsp3) is 0.410. The largest absolute Gasteiger partial charge is 0.537 e. The van der Waals surface area contributed by atoms with Gasteiger partial charge in [0.15, 0.2) is 0 Å². The average Bonchev–Trinajstić information content (AvgIpc) is 4.13. The SMILES string of the molecule is C.C[C-]=C(C)n1[c-]c(C)c(C)c1.C[C-]=C(C)n1[c-]c(C)c(C)c1N.C[C-]=C(C)n1[c-]c(N)c(C)c1C.C[C-]=C(C)n1[c-]cc(C)c1C.C[C-]=C(N)n1[c-]c(C)c(C)c1C.C[C-]=Cn1[c-]c(C)c(C)c1C.[Y].[Y].[Y].[Y].[Y].[Y]. The molecule has 0 aromatic carbocycles. The van der Waals surface area contributed by atoms with Crippen molar-refractivity contribution in [3.63, 3.8) is 0 Å². The summed E-state index contributed by atoms with van der Waals surface area (Å²) in [6.07, 6.45) is 41.0. The number of aromatic nitrogens is 6. The zero-order valence-electron chi connectivity index (χ0n) is 50.1. The second-order valence-corrected chi connectivity index (χ2v) is 16.9. The van der Waals surface area contributed by atoms with E-state index in [-0.39, 0.29) is 204 Å². The van der Waals surface area contributed by atoms with Crippen molar-refractivity contribution in [2.75, 3.05) is 11.5 Å². The topological polar surface area (TPSA) is 108 Å². The molecule has 6 heterocycles. The van der Waals surface area contributed by atoms with Gasteiger partial charge < -0.3 is 81.1 Å². The number of rotatable bonds is 6. The van der Waals surface area contributed by atoms with E-state index in [2.05, 4.69) is 135 Å². The Labute approximate surface area is 615 Å². The molecule has 0 aliphatic rings. The van der Waals surface area contributed by atoms with Crippen LogP contribution in [0.5, 0.6) is 0 Å². The summed E-state index contributed by atoms with van der Waals surface area (Å²) in [5.41, 5.74) is 39.0. The summed E-state index contributed by atoms with van der Waals surface area (Å²) in [6, 6.07) is 2.00. The minimum Gasteiger partial charge on any atom is -0.537 e. The van der Waals surface area contributed by atoms with E-state index in [4.69, 9.17) is 17.2 Å². The minimum atomic E-state index is 0. The summed E-state index contributed by atoms with van der Waals surface area (Å²) < 4.78 is 11.6. The van der Waals surface area contributed by atoms with E-state index in [0.29, 0.717) is 5.82 Å². The number of hydrogen-bond acceptors (Lipinski definition) is 3. The van der Waals surface area contributed by atoms with Crippen LogP contribution in [0.25, 0.3) is 34.8 Å². The zero-order valence-corrected chi connectivity index (χ0v) is 67.1. The number of allylic oxidation sites excluding steroid dienone is 10. The number of anilines is 2. The van der Waals surface area contributed by atoms with Crippen LogP contribution in [0.4, 0.5) is 11.5 Å². The quantitative estimate of drug-likeness (QED) is 0.145. The van der Waals surface area contributed by atoms with E-state index < -0.39 is 0 Å². The fourth-order valence-corrected chi connectivity index (χ4v) is 6.22. The fourth-order valence-electron chi connectivity index (χ4n) is 6.22. The van der Waals surface area contributed by atoms with Crippen molar-refractivity contribution < 1.29 is 196 Å². The summed E-state index contributed by atoms with van der Waals surface area (Å²) in [5.74, 6) is 1.38. The van der Waals surface area contributed by atoms with Crippen LogP contribution in [0.1, 0.15) is 155 Å². The number of nitrogen functional groups attached to an aromatic ring is 2. The first-order chi connectivity index (χ1) is 32.2. The maximum atomic E-state index is 5.85. The second-order valence-electron chi connectivity index (χ2n) is 16.9. The molecule has 0 fully saturated rings. The van der Waals surface area contributed by atoms with Crippen LogP contribution in [-0.2, 0) is 196 Å². The number of nitrogens with two attached hydrogens (primary N) is 3. The smallest absolute Gasteiger partial charge is 0 e. The Morgan fingerprint density at radius 3 is 1.18 bits per heavy atom. The van der Waals surface area contributed by atoms with Crippen LogP contribution < -0.4 is 17.2 Å². The van der Waals surface area contributed by atoms with Gasteiger partial charge in [-0.3, -0.25) is 6.20 Å². The predicted molar refractivity (Wildman–Crippen MR) is 301 cm³/mol. The van der Waals surface area contributed by atoms with Crippen LogP contribution in [0.15, 0.2) is 12.3 Å². The Bertz CT molecular complexity index is 2630. The molecule has 0 unspecified atom stereocenters. The third kappa shape index (κ3) is 26.6. The van der Waals surface area contributed by atoms with E-state index in [1.165, 1.54) is 44.8 Å². The Balaban J connectivity index is -0.000000148. The molecular formula is C61H85N9Y6-12. The first-order valence-electron chi connectivity index (χ1n) is 23.1. The summed E-state index contributed by atoms with van der Waals surface area (Å²) in [6.45, 7) is 48.0. The molecule has 6 rings (SSSR count). The molecule has 15 heteroatoms. The summed E-state index contributed by atoms with van der Waals surface area (Å²) in [4.78, 5) is 0. The molecule has 0 aliphatic heterocycles. The van der Waals surface area contributed by atoms with Gasteiger partial charge in [0.1, 0.15) is 0 Å². The van der Waals surface area contributed by atoms with Crippen molar-refractivity contribution in [3.8, 4) is 0 Å². The van der Waals surface area contributed by atoms with E-state index >= 15 is 0 Å². The Morgan fingerprint density at radius 1 is 0.447 bits per heavy atom. The second kappa shape index (κ2) is 44.7. The van der Waals surface area contributed by atoms with E-state index in [0.717, 1.165) is 67.9 Å². The monoisotopic (exact) mass is 1480 g/mol. The molecule has 0 saturated carbocycles. The molecule has 0 bridgehead atoms. The van der Waals surface area contributed by atoms with Gasteiger partial charge in [0, 0.05) is 196 Å². The Kier molecular flexibility index (Phi) is 52.9. The molecule has 0 saturated heterocycles. The van der Waals surface area contributed by atoms with E-state index in [1.54, 1.807) is 6.92 Å². The molecule has 0 atom stereocenters. The Hall–Kier alpha value is 0.143. The predicted octanol–water partition coefficient (Wildman–Crippen LogP) is 14.4. The molecule has 9 nitrogen and oxygen atoms in total. The molecule has 6 N–H and O–H groups in total. The molecule has 0 aliphatic carbocycles.